The third-order valence-electron chi connectivity index (χ3n) is 9.07. The molecule has 3 heterocycles. The Morgan fingerprint density at radius 1 is 0.958 bits per heavy atom. The molecule has 0 spiro atoms. The molecular formula is C37H41ClN8O2. The first-order valence-electron chi connectivity index (χ1n) is 16.6. The summed E-state index contributed by atoms with van der Waals surface area (Å²) in [7, 11) is 0. The van der Waals surface area contributed by atoms with E-state index in [9.17, 15) is 4.79 Å². The number of anilines is 2. The molecule has 2 amide bonds. The molecule has 3 aromatic carbocycles. The minimum absolute atomic E-state index is 0.173. The Kier molecular flexibility index (Phi) is 8.70. The highest BCUT2D eigenvalue weighted by Gasteiger charge is 2.25. The lowest BCUT2D eigenvalue weighted by Gasteiger charge is -2.27. The Bertz CT molecular complexity index is 1960. The fourth-order valence-electron chi connectivity index (χ4n) is 6.44. The van der Waals surface area contributed by atoms with Crippen molar-refractivity contribution in [3.8, 4) is 22.8 Å². The van der Waals surface area contributed by atoms with E-state index in [-0.39, 0.29) is 11.4 Å². The van der Waals surface area contributed by atoms with E-state index >= 15 is 0 Å². The number of carbonyl (C=O) groups is 1. The average Bonchev–Trinajstić information content (AvgIpc) is 3.81. The zero-order valence-electron chi connectivity index (χ0n) is 27.9. The number of hydrogen-bond acceptors (Lipinski definition) is 6. The Morgan fingerprint density at radius 2 is 1.77 bits per heavy atom. The van der Waals surface area contributed by atoms with E-state index in [1.807, 2.05) is 66.7 Å². The summed E-state index contributed by atoms with van der Waals surface area (Å²) in [6.45, 7) is 12.2. The maximum atomic E-state index is 13.4. The van der Waals surface area contributed by atoms with Gasteiger partial charge in [0.15, 0.2) is 5.82 Å². The molecule has 7 rings (SSSR count). The first kappa shape index (κ1) is 31.9. The third-order valence-corrected chi connectivity index (χ3v) is 9.30. The number of benzene rings is 3. The van der Waals surface area contributed by atoms with Crippen molar-refractivity contribution in [1.29, 1.82) is 0 Å². The SMILES string of the molecule is Cc1ccc(-n2nc(C(C)(C)C)cc2NC(=O)Nc2ccc(OCCN3CCn4c(nnc4-c4cccc(Cl)c4)C3)c3c2CCC3)cc1. The smallest absolute Gasteiger partial charge is 0.324 e. The number of aryl methyl sites for hydroxylation is 1. The lowest BCUT2D eigenvalue weighted by atomic mass is 9.92. The van der Waals surface area contributed by atoms with Crippen molar-refractivity contribution in [2.24, 2.45) is 0 Å². The van der Waals surface area contributed by atoms with Crippen LogP contribution in [0.15, 0.2) is 66.7 Å². The van der Waals surface area contributed by atoms with Gasteiger partial charge in [0, 0.05) is 47.4 Å². The number of nitrogens with zero attached hydrogens (tertiary/aromatic N) is 6. The molecule has 10 nitrogen and oxygen atoms in total. The van der Waals surface area contributed by atoms with Crippen molar-refractivity contribution in [3.63, 3.8) is 0 Å². The highest BCUT2D eigenvalue weighted by atomic mass is 35.5. The van der Waals surface area contributed by atoms with Crippen molar-refractivity contribution in [2.75, 3.05) is 30.3 Å². The van der Waals surface area contributed by atoms with Crippen LogP contribution >= 0.6 is 11.6 Å². The normalized spacial score (nSPS) is 14.4. The van der Waals surface area contributed by atoms with Crippen molar-refractivity contribution in [3.05, 3.63) is 100.0 Å². The van der Waals surface area contributed by atoms with Gasteiger partial charge >= 0.3 is 6.03 Å². The van der Waals surface area contributed by atoms with Crippen LogP contribution in [0.5, 0.6) is 5.75 Å². The molecular weight excluding hydrogens is 624 g/mol. The summed E-state index contributed by atoms with van der Waals surface area (Å²) in [5.74, 6) is 3.31. The highest BCUT2D eigenvalue weighted by molar-refractivity contribution is 6.30. The number of hydrogen-bond donors (Lipinski definition) is 2. The van der Waals surface area contributed by atoms with Crippen LogP contribution in [0.1, 0.15) is 55.4 Å². The van der Waals surface area contributed by atoms with Crippen LogP contribution in [0.2, 0.25) is 5.02 Å². The number of halogens is 1. The standard InChI is InChI=1S/C37H41ClN8O2/c1-24-11-13-27(14-12-24)46-33(22-32(43-46)37(2,3)4)40-36(47)39-30-15-16-31(29-10-6-9-28(29)30)48-20-19-44-17-18-45-34(23-44)41-42-35(45)25-7-5-8-26(38)21-25/h5,7-8,11-16,21-22H,6,9-10,17-20,23H2,1-4H3,(H2,39,40,47). The van der Waals surface area contributed by atoms with Crippen LogP contribution < -0.4 is 15.4 Å². The van der Waals surface area contributed by atoms with E-state index < -0.39 is 0 Å². The van der Waals surface area contributed by atoms with Gasteiger partial charge in [0.1, 0.15) is 24.0 Å². The van der Waals surface area contributed by atoms with Gasteiger partial charge in [0.25, 0.3) is 0 Å². The highest BCUT2D eigenvalue weighted by Crippen LogP contribution is 2.36. The van der Waals surface area contributed by atoms with Gasteiger partial charge in [-0.25, -0.2) is 9.48 Å². The maximum absolute atomic E-state index is 13.4. The second kappa shape index (κ2) is 13.1. The summed E-state index contributed by atoms with van der Waals surface area (Å²) in [5.41, 5.74) is 6.89. The van der Waals surface area contributed by atoms with Gasteiger partial charge in [-0.15, -0.1) is 10.2 Å². The number of carbonyl (C=O) groups excluding carboxylic acids is 1. The largest absolute Gasteiger partial charge is 0.492 e. The van der Waals surface area contributed by atoms with E-state index in [1.165, 1.54) is 5.56 Å². The topological polar surface area (TPSA) is 102 Å². The van der Waals surface area contributed by atoms with Crippen molar-refractivity contribution in [2.45, 2.75) is 65.5 Å². The van der Waals surface area contributed by atoms with Crippen molar-refractivity contribution >= 4 is 29.1 Å². The number of urea groups is 1. The van der Waals surface area contributed by atoms with Crippen LogP contribution in [-0.4, -0.2) is 55.2 Å². The van der Waals surface area contributed by atoms with Gasteiger partial charge in [-0.1, -0.05) is 62.2 Å². The Balaban J connectivity index is 0.989. The molecule has 2 aliphatic rings. The minimum atomic E-state index is -0.303. The molecule has 1 aliphatic heterocycles. The number of fused-ring (bicyclic) bond motifs is 2. The molecule has 0 fully saturated rings. The van der Waals surface area contributed by atoms with Gasteiger partial charge < -0.3 is 14.6 Å². The Hall–Kier alpha value is -4.67. The quantitative estimate of drug-likeness (QED) is 0.179. The van der Waals surface area contributed by atoms with Gasteiger partial charge in [-0.3, -0.25) is 10.2 Å². The Labute approximate surface area is 286 Å². The molecule has 11 heteroatoms. The summed E-state index contributed by atoms with van der Waals surface area (Å²) in [5, 5.41) is 20.6. The lowest BCUT2D eigenvalue weighted by Crippen LogP contribution is -2.36. The number of nitrogens with one attached hydrogen (secondary N) is 2. The predicted octanol–water partition coefficient (Wildman–Crippen LogP) is 7.42. The van der Waals surface area contributed by atoms with E-state index in [4.69, 9.17) is 21.4 Å². The molecule has 248 valence electrons. The Morgan fingerprint density at radius 3 is 2.56 bits per heavy atom. The molecule has 5 aromatic rings. The summed E-state index contributed by atoms with van der Waals surface area (Å²) in [6, 6.07) is 21.4. The summed E-state index contributed by atoms with van der Waals surface area (Å²) < 4.78 is 10.3. The summed E-state index contributed by atoms with van der Waals surface area (Å²) in [6.07, 6.45) is 2.85. The van der Waals surface area contributed by atoms with Gasteiger partial charge in [0.05, 0.1) is 17.9 Å². The van der Waals surface area contributed by atoms with Gasteiger partial charge in [-0.05, 0) is 73.7 Å². The second-order valence-corrected chi connectivity index (χ2v) is 14.1. The molecule has 48 heavy (non-hydrogen) atoms. The molecule has 0 atom stereocenters. The predicted molar refractivity (Wildman–Crippen MR) is 189 cm³/mol. The number of ether oxygens (including phenoxy) is 1. The van der Waals surface area contributed by atoms with Crippen molar-refractivity contribution < 1.29 is 9.53 Å². The van der Waals surface area contributed by atoms with Crippen molar-refractivity contribution in [1.82, 2.24) is 29.4 Å². The summed E-state index contributed by atoms with van der Waals surface area (Å²) >= 11 is 6.21. The van der Waals surface area contributed by atoms with Crippen LogP contribution in [0.3, 0.4) is 0 Å². The lowest BCUT2D eigenvalue weighted by molar-refractivity contribution is 0.174. The zero-order chi connectivity index (χ0) is 33.4. The molecule has 2 N–H and O–H groups in total. The molecule has 0 saturated heterocycles. The van der Waals surface area contributed by atoms with Gasteiger partial charge in [0.2, 0.25) is 0 Å². The van der Waals surface area contributed by atoms with Crippen LogP contribution in [0.4, 0.5) is 16.3 Å². The maximum Gasteiger partial charge on any atom is 0.324 e. The molecule has 0 bridgehead atoms. The van der Waals surface area contributed by atoms with E-state index in [1.54, 1.807) is 4.68 Å². The molecule has 1 aliphatic carbocycles. The number of aromatic nitrogens is 5. The number of amides is 2. The minimum Gasteiger partial charge on any atom is -0.492 e. The zero-order valence-corrected chi connectivity index (χ0v) is 28.6. The molecule has 0 unspecified atom stereocenters. The molecule has 0 radical (unpaired) electrons. The second-order valence-electron chi connectivity index (χ2n) is 13.6. The molecule has 2 aromatic heterocycles. The number of rotatable bonds is 8. The first-order valence-corrected chi connectivity index (χ1v) is 16.9. The molecule has 0 saturated carbocycles. The van der Waals surface area contributed by atoms with E-state index in [0.717, 1.165) is 90.1 Å². The van der Waals surface area contributed by atoms with Gasteiger partial charge in [-0.2, -0.15) is 5.10 Å². The van der Waals surface area contributed by atoms with E-state index in [2.05, 4.69) is 58.0 Å². The first-order chi connectivity index (χ1) is 23.1. The monoisotopic (exact) mass is 664 g/mol. The third kappa shape index (κ3) is 6.68. The summed E-state index contributed by atoms with van der Waals surface area (Å²) in [4.78, 5) is 15.7. The van der Waals surface area contributed by atoms with Crippen LogP contribution in [0.25, 0.3) is 17.1 Å². The van der Waals surface area contributed by atoms with Crippen LogP contribution in [-0.2, 0) is 31.3 Å². The van der Waals surface area contributed by atoms with E-state index in [0.29, 0.717) is 24.0 Å². The average molecular weight is 665 g/mol. The fraction of sp³-hybridized carbons (Fsp3) is 0.351. The van der Waals surface area contributed by atoms with Crippen LogP contribution in [0, 0.1) is 6.92 Å². The fourth-order valence-corrected chi connectivity index (χ4v) is 6.63.